The minimum absolute atomic E-state index is 0.0117. The lowest BCUT2D eigenvalue weighted by atomic mass is 10.1. The largest absolute Gasteiger partial charge is 0.467 e. The first-order chi connectivity index (χ1) is 11.6. The minimum atomic E-state index is 0.0117. The third-order valence-electron chi connectivity index (χ3n) is 4.08. The molecule has 24 heavy (non-hydrogen) atoms. The van der Waals surface area contributed by atoms with Gasteiger partial charge in [-0.3, -0.25) is 4.79 Å². The molecule has 3 rings (SSSR count). The van der Waals surface area contributed by atoms with Crippen LogP contribution in [0.4, 0.5) is 0 Å². The molecule has 0 saturated carbocycles. The highest BCUT2D eigenvalue weighted by Crippen LogP contribution is 2.19. The number of carbonyl (C=O) groups is 1. The summed E-state index contributed by atoms with van der Waals surface area (Å²) in [7, 11) is 0. The molecular weight excluding hydrogens is 302 g/mol. The lowest BCUT2D eigenvalue weighted by molar-refractivity contribution is -0.121. The molecule has 0 aliphatic rings. The number of carbonyl (C=O) groups excluding carboxylic acids is 1. The third kappa shape index (κ3) is 3.56. The van der Waals surface area contributed by atoms with Gasteiger partial charge in [0, 0.05) is 12.1 Å². The van der Waals surface area contributed by atoms with Crippen LogP contribution in [-0.2, 0) is 17.8 Å². The molecule has 0 fully saturated rings. The van der Waals surface area contributed by atoms with Gasteiger partial charge < -0.3 is 9.73 Å². The highest BCUT2D eigenvalue weighted by atomic mass is 16.3. The average Bonchev–Trinajstić information content (AvgIpc) is 3.21. The van der Waals surface area contributed by atoms with Gasteiger partial charge in [0.05, 0.1) is 24.2 Å². The number of aryl methyl sites for hydroxylation is 1. The van der Waals surface area contributed by atoms with Crippen molar-refractivity contribution in [2.24, 2.45) is 0 Å². The van der Waals surface area contributed by atoms with Gasteiger partial charge in [0.1, 0.15) is 5.76 Å². The van der Waals surface area contributed by atoms with Crippen molar-refractivity contribution < 1.29 is 9.21 Å². The van der Waals surface area contributed by atoms with Crippen molar-refractivity contribution >= 4 is 5.91 Å². The predicted molar refractivity (Wildman–Crippen MR) is 91.9 cm³/mol. The van der Waals surface area contributed by atoms with Crippen molar-refractivity contribution in [2.75, 3.05) is 0 Å². The van der Waals surface area contributed by atoms with Gasteiger partial charge in [0.15, 0.2) is 0 Å². The number of furan rings is 1. The van der Waals surface area contributed by atoms with Crippen LogP contribution in [0.1, 0.15) is 29.1 Å². The smallest absolute Gasteiger partial charge is 0.220 e. The van der Waals surface area contributed by atoms with E-state index in [9.17, 15) is 4.79 Å². The Morgan fingerprint density at radius 2 is 1.96 bits per heavy atom. The van der Waals surface area contributed by atoms with E-state index in [4.69, 9.17) is 4.42 Å². The van der Waals surface area contributed by atoms with Gasteiger partial charge in [-0.05, 0) is 50.1 Å². The van der Waals surface area contributed by atoms with E-state index in [1.807, 2.05) is 61.0 Å². The second-order valence-corrected chi connectivity index (χ2v) is 5.75. The highest BCUT2D eigenvalue weighted by molar-refractivity contribution is 5.76. The van der Waals surface area contributed by atoms with E-state index < -0.39 is 0 Å². The Bertz CT molecular complexity index is 805. The van der Waals surface area contributed by atoms with E-state index >= 15 is 0 Å². The molecule has 1 amide bonds. The maximum atomic E-state index is 12.0. The van der Waals surface area contributed by atoms with E-state index in [-0.39, 0.29) is 5.91 Å². The summed E-state index contributed by atoms with van der Waals surface area (Å²) in [4.78, 5) is 12.0. The van der Waals surface area contributed by atoms with Gasteiger partial charge >= 0.3 is 0 Å². The summed E-state index contributed by atoms with van der Waals surface area (Å²) < 4.78 is 7.15. The lowest BCUT2D eigenvalue weighted by Gasteiger charge is -2.06. The molecule has 3 aromatic rings. The zero-order chi connectivity index (χ0) is 16.9. The number of rotatable bonds is 6. The summed E-state index contributed by atoms with van der Waals surface area (Å²) in [6.45, 7) is 4.46. The summed E-state index contributed by atoms with van der Waals surface area (Å²) in [5, 5.41) is 7.49. The summed E-state index contributed by atoms with van der Waals surface area (Å²) in [6, 6.07) is 13.7. The first-order valence-corrected chi connectivity index (χ1v) is 8.05. The number of para-hydroxylation sites is 1. The Morgan fingerprint density at radius 3 is 2.67 bits per heavy atom. The van der Waals surface area contributed by atoms with Crippen LogP contribution < -0.4 is 5.32 Å². The molecule has 0 aliphatic carbocycles. The van der Waals surface area contributed by atoms with Crippen LogP contribution in [0.15, 0.2) is 53.1 Å². The zero-order valence-electron chi connectivity index (χ0n) is 14.0. The molecule has 2 aromatic heterocycles. The van der Waals surface area contributed by atoms with Gasteiger partial charge in [0.2, 0.25) is 5.91 Å². The van der Waals surface area contributed by atoms with Gasteiger partial charge in [-0.15, -0.1) is 0 Å². The van der Waals surface area contributed by atoms with Gasteiger partial charge in [0.25, 0.3) is 0 Å². The van der Waals surface area contributed by atoms with E-state index in [1.54, 1.807) is 6.26 Å². The van der Waals surface area contributed by atoms with Crippen LogP contribution in [0.3, 0.4) is 0 Å². The fourth-order valence-corrected chi connectivity index (χ4v) is 2.78. The molecule has 5 nitrogen and oxygen atoms in total. The number of nitrogens with zero attached hydrogens (tertiary/aromatic N) is 2. The van der Waals surface area contributed by atoms with Gasteiger partial charge in [-0.2, -0.15) is 5.10 Å². The normalized spacial score (nSPS) is 10.8. The zero-order valence-corrected chi connectivity index (χ0v) is 14.0. The lowest BCUT2D eigenvalue weighted by Crippen LogP contribution is -2.22. The fourth-order valence-electron chi connectivity index (χ4n) is 2.78. The van der Waals surface area contributed by atoms with Crippen LogP contribution >= 0.6 is 0 Å². The molecule has 5 heteroatoms. The Hall–Kier alpha value is -2.82. The van der Waals surface area contributed by atoms with Crippen molar-refractivity contribution in [1.29, 1.82) is 0 Å². The summed E-state index contributed by atoms with van der Waals surface area (Å²) in [6.07, 6.45) is 2.71. The summed E-state index contributed by atoms with van der Waals surface area (Å²) >= 11 is 0. The van der Waals surface area contributed by atoms with Crippen LogP contribution in [0, 0.1) is 13.8 Å². The number of hydrogen-bond acceptors (Lipinski definition) is 3. The van der Waals surface area contributed by atoms with Crippen LogP contribution in [0.5, 0.6) is 0 Å². The van der Waals surface area contributed by atoms with Crippen LogP contribution in [0.2, 0.25) is 0 Å². The van der Waals surface area contributed by atoms with Gasteiger partial charge in [-0.25, -0.2) is 4.68 Å². The van der Waals surface area contributed by atoms with Crippen molar-refractivity contribution in [3.8, 4) is 5.69 Å². The maximum Gasteiger partial charge on any atom is 0.220 e. The number of hydrogen-bond donors (Lipinski definition) is 1. The van der Waals surface area contributed by atoms with Gasteiger partial charge in [-0.1, -0.05) is 18.2 Å². The van der Waals surface area contributed by atoms with E-state index in [1.165, 1.54) is 0 Å². The molecular formula is C19H21N3O2. The van der Waals surface area contributed by atoms with Crippen molar-refractivity contribution in [3.63, 3.8) is 0 Å². The summed E-state index contributed by atoms with van der Waals surface area (Å²) in [5.74, 6) is 0.769. The molecule has 124 valence electrons. The molecule has 0 aliphatic heterocycles. The Labute approximate surface area is 141 Å². The molecule has 0 saturated heterocycles. The second-order valence-electron chi connectivity index (χ2n) is 5.75. The maximum absolute atomic E-state index is 12.0. The molecule has 2 heterocycles. The molecule has 0 spiro atoms. The Morgan fingerprint density at radius 1 is 1.17 bits per heavy atom. The van der Waals surface area contributed by atoms with E-state index in [0.717, 1.165) is 28.4 Å². The van der Waals surface area contributed by atoms with Crippen LogP contribution in [-0.4, -0.2) is 15.7 Å². The minimum Gasteiger partial charge on any atom is -0.467 e. The summed E-state index contributed by atoms with van der Waals surface area (Å²) in [5.41, 5.74) is 4.21. The first kappa shape index (κ1) is 16.1. The molecule has 0 radical (unpaired) electrons. The first-order valence-electron chi connectivity index (χ1n) is 8.05. The molecule has 0 bridgehead atoms. The molecule has 1 N–H and O–H groups in total. The number of nitrogens with one attached hydrogen (secondary N) is 1. The Balaban J connectivity index is 1.63. The number of benzene rings is 1. The highest BCUT2D eigenvalue weighted by Gasteiger charge is 2.14. The second kappa shape index (κ2) is 7.17. The van der Waals surface area contributed by atoms with E-state index in [0.29, 0.717) is 19.4 Å². The van der Waals surface area contributed by atoms with Crippen LogP contribution in [0.25, 0.3) is 5.69 Å². The predicted octanol–water partition coefficient (Wildman–Crippen LogP) is 3.33. The molecule has 0 atom stereocenters. The number of aromatic nitrogens is 2. The quantitative estimate of drug-likeness (QED) is 0.757. The standard InChI is InChI=1S/C19H21N3O2/c1-14-18(10-11-19(23)20-13-17-9-6-12-24-17)15(2)22(21-14)16-7-4-3-5-8-16/h3-9,12H,10-11,13H2,1-2H3,(H,20,23). The van der Waals surface area contributed by atoms with E-state index in [2.05, 4.69) is 10.4 Å². The monoisotopic (exact) mass is 323 g/mol. The number of amides is 1. The fraction of sp³-hybridized carbons (Fsp3) is 0.263. The molecule has 0 unspecified atom stereocenters. The third-order valence-corrected chi connectivity index (χ3v) is 4.08. The van der Waals surface area contributed by atoms with Crippen molar-refractivity contribution in [1.82, 2.24) is 15.1 Å². The molecule has 1 aromatic carbocycles. The topological polar surface area (TPSA) is 60.1 Å². The van der Waals surface area contributed by atoms with Crippen molar-refractivity contribution in [3.05, 3.63) is 71.4 Å². The average molecular weight is 323 g/mol. The Kier molecular flexibility index (Phi) is 4.79. The SMILES string of the molecule is Cc1nn(-c2ccccc2)c(C)c1CCC(=O)NCc1ccco1. The van der Waals surface area contributed by atoms with Crippen molar-refractivity contribution in [2.45, 2.75) is 33.2 Å².